The van der Waals surface area contributed by atoms with Crippen molar-refractivity contribution in [3.05, 3.63) is 70.4 Å². The van der Waals surface area contributed by atoms with Crippen molar-refractivity contribution >= 4 is 23.0 Å². The average molecular weight is 947 g/mol. The quantitative estimate of drug-likeness (QED) is 0.0571. The zero-order valence-electron chi connectivity index (χ0n) is 36.0. The highest BCUT2D eigenvalue weighted by molar-refractivity contribution is 5.89. The van der Waals surface area contributed by atoms with E-state index in [0.717, 1.165) is 18.2 Å². The van der Waals surface area contributed by atoms with Gasteiger partial charge in [-0.2, -0.15) is 0 Å². The summed E-state index contributed by atoms with van der Waals surface area (Å²) in [6, 6.07) is 10.0. The van der Waals surface area contributed by atoms with Gasteiger partial charge in [-0.25, -0.2) is 4.79 Å². The second-order valence-corrected chi connectivity index (χ2v) is 15.9. The number of phenolic OH excluding ortho intramolecular Hbond substituents is 3. The second kappa shape index (κ2) is 20.2. The maximum Gasteiger partial charge on any atom is 0.330 e. The molecule has 0 unspecified atom stereocenters. The standard InChI is InChI=1S/C44H50O23/c1-16-29(48)34(53)37(56)42(61-16)63-21-13-22(46)28-23(14-21)64-39(19-6-8-20(45)9-7-19)40(33(28)52)66-44-41(67-43-38(57)35(54)30(49)17(2)62-43)36(55)32(51)26(65-44)15-60-27(47)10-5-18-11-24(58-3)31(50)25(12-18)59-4/h5-14,16-17,26,29-30,32,34-38,41-46,48-51,53-57H,15H2,1-4H3/b10-5+/t16-,17+,26-,29-,30+,32-,34+,35-,36+,37+,38-,41-,42+,43-,44+/m0/s1. The summed E-state index contributed by atoms with van der Waals surface area (Å²) in [7, 11) is 2.62. The lowest BCUT2D eigenvalue weighted by Crippen LogP contribution is -2.64. The normalized spacial score (nSPS) is 32.2. The van der Waals surface area contributed by atoms with Crippen molar-refractivity contribution in [2.24, 2.45) is 0 Å². The van der Waals surface area contributed by atoms with Crippen LogP contribution >= 0.6 is 0 Å². The molecule has 3 fully saturated rings. The molecule has 4 heterocycles. The van der Waals surface area contributed by atoms with Crippen LogP contribution in [0.5, 0.6) is 40.2 Å². The Hall–Kier alpha value is -5.80. The summed E-state index contributed by atoms with van der Waals surface area (Å²) >= 11 is 0. The minimum absolute atomic E-state index is 0.0427. The fraction of sp³-hybridized carbons (Fsp3) is 0.455. The van der Waals surface area contributed by atoms with E-state index < -0.39 is 133 Å². The van der Waals surface area contributed by atoms with E-state index >= 15 is 0 Å². The number of carbonyl (C=O) groups is 1. The summed E-state index contributed by atoms with van der Waals surface area (Å²) in [5, 5.41) is 117. The molecule has 23 heteroatoms. The molecule has 3 aromatic carbocycles. The molecule has 0 aliphatic carbocycles. The first-order valence-corrected chi connectivity index (χ1v) is 20.6. The third-order valence-corrected chi connectivity index (χ3v) is 11.4. The van der Waals surface area contributed by atoms with E-state index in [1.165, 1.54) is 70.5 Å². The van der Waals surface area contributed by atoms with Gasteiger partial charge in [-0.05, 0) is 61.9 Å². The molecule has 1 aromatic heterocycles. The van der Waals surface area contributed by atoms with Gasteiger partial charge >= 0.3 is 5.97 Å². The van der Waals surface area contributed by atoms with Crippen LogP contribution in [0.2, 0.25) is 0 Å². The molecule has 3 saturated heterocycles. The Kier molecular flexibility index (Phi) is 14.8. The Bertz CT molecular complexity index is 2450. The maximum absolute atomic E-state index is 14.6. The van der Waals surface area contributed by atoms with E-state index in [9.17, 15) is 65.8 Å². The third-order valence-electron chi connectivity index (χ3n) is 11.4. The van der Waals surface area contributed by atoms with E-state index in [-0.39, 0.29) is 39.9 Å². The lowest BCUT2D eigenvalue weighted by Gasteiger charge is -2.45. The number of aliphatic hydroxyl groups is 8. The lowest BCUT2D eigenvalue weighted by molar-refractivity contribution is -0.354. The molecule has 0 radical (unpaired) electrons. The number of aliphatic hydroxyl groups excluding tert-OH is 8. The first-order valence-electron chi connectivity index (χ1n) is 20.6. The first-order chi connectivity index (χ1) is 31.8. The average Bonchev–Trinajstić information content (AvgIpc) is 3.30. The van der Waals surface area contributed by atoms with Crippen LogP contribution in [0, 0.1) is 0 Å². The number of ether oxygens (including phenoxy) is 9. The smallest absolute Gasteiger partial charge is 0.330 e. The van der Waals surface area contributed by atoms with Gasteiger partial charge in [-0.1, -0.05) is 0 Å². The number of aromatic hydroxyl groups is 3. The molecule has 364 valence electrons. The van der Waals surface area contributed by atoms with E-state index in [2.05, 4.69) is 0 Å². The first kappa shape index (κ1) is 49.1. The van der Waals surface area contributed by atoms with Crippen LogP contribution in [-0.2, 0) is 28.5 Å². The summed E-state index contributed by atoms with van der Waals surface area (Å²) in [4.78, 5) is 27.5. The molecule has 3 aliphatic rings. The number of esters is 1. The summed E-state index contributed by atoms with van der Waals surface area (Å²) < 4.78 is 56.6. The zero-order chi connectivity index (χ0) is 48.6. The molecular formula is C44H50O23. The number of carbonyl (C=O) groups excluding carboxylic acids is 1. The van der Waals surface area contributed by atoms with E-state index in [0.29, 0.717) is 5.56 Å². The second-order valence-electron chi connectivity index (χ2n) is 15.9. The molecule has 67 heavy (non-hydrogen) atoms. The lowest BCUT2D eigenvalue weighted by atomic mass is 9.97. The highest BCUT2D eigenvalue weighted by atomic mass is 16.8. The highest BCUT2D eigenvalue weighted by Gasteiger charge is 2.52. The Balaban J connectivity index is 1.23. The molecule has 11 N–H and O–H groups in total. The zero-order valence-corrected chi connectivity index (χ0v) is 36.0. The van der Waals surface area contributed by atoms with Crippen LogP contribution in [0.25, 0.3) is 28.4 Å². The summed E-state index contributed by atoms with van der Waals surface area (Å²) in [6.45, 7) is 2.01. The van der Waals surface area contributed by atoms with Gasteiger partial charge in [0.25, 0.3) is 0 Å². The van der Waals surface area contributed by atoms with Gasteiger partial charge in [0, 0.05) is 23.8 Å². The molecule has 15 atom stereocenters. The molecule has 0 saturated carbocycles. The van der Waals surface area contributed by atoms with Crippen molar-refractivity contribution in [2.75, 3.05) is 20.8 Å². The summed E-state index contributed by atoms with van der Waals surface area (Å²) in [6.07, 6.45) is -23.0. The van der Waals surface area contributed by atoms with Gasteiger partial charge < -0.3 is 103 Å². The van der Waals surface area contributed by atoms with Gasteiger partial charge in [0.2, 0.25) is 29.5 Å². The fourth-order valence-corrected chi connectivity index (χ4v) is 7.55. The van der Waals surface area contributed by atoms with Crippen molar-refractivity contribution in [1.29, 1.82) is 0 Å². The number of rotatable bonds is 13. The van der Waals surface area contributed by atoms with Crippen LogP contribution in [-0.4, -0.2) is 175 Å². The summed E-state index contributed by atoms with van der Waals surface area (Å²) in [5.41, 5.74) is -1.01. The van der Waals surface area contributed by atoms with Crippen molar-refractivity contribution in [3.63, 3.8) is 0 Å². The molecule has 0 amide bonds. The van der Waals surface area contributed by atoms with Gasteiger partial charge in [0.05, 0.1) is 26.4 Å². The van der Waals surface area contributed by atoms with Gasteiger partial charge in [-0.3, -0.25) is 4.79 Å². The van der Waals surface area contributed by atoms with Crippen molar-refractivity contribution in [1.82, 2.24) is 0 Å². The molecule has 4 aromatic rings. The highest BCUT2D eigenvalue weighted by Crippen LogP contribution is 2.40. The molecular weight excluding hydrogens is 896 g/mol. The van der Waals surface area contributed by atoms with Crippen molar-refractivity contribution in [2.45, 2.75) is 106 Å². The number of fused-ring (bicyclic) bond motifs is 1. The number of hydrogen-bond donors (Lipinski definition) is 11. The largest absolute Gasteiger partial charge is 0.508 e. The van der Waals surface area contributed by atoms with Crippen LogP contribution in [0.1, 0.15) is 19.4 Å². The third kappa shape index (κ3) is 10.1. The predicted octanol–water partition coefficient (Wildman–Crippen LogP) is -0.905. The summed E-state index contributed by atoms with van der Waals surface area (Å²) in [5.74, 6) is -3.50. The van der Waals surface area contributed by atoms with Gasteiger partial charge in [0.1, 0.15) is 89.8 Å². The van der Waals surface area contributed by atoms with E-state index in [4.69, 9.17) is 47.0 Å². The molecule has 0 spiro atoms. The minimum Gasteiger partial charge on any atom is -0.508 e. The molecule has 7 rings (SSSR count). The van der Waals surface area contributed by atoms with Crippen LogP contribution < -0.4 is 24.4 Å². The Morgan fingerprint density at radius 2 is 1.28 bits per heavy atom. The number of methoxy groups -OCH3 is 2. The Labute approximate surface area is 379 Å². The minimum atomic E-state index is -2.07. The SMILES string of the molecule is COc1cc(/C=C/C(=O)OC[C@@H]2O[C@H](Oc3c(-c4ccc(O)cc4)oc4cc(O[C@H]5O[C@@H](C)[C@H](O)[C@@H](O)[C@H]5O)cc(O)c4c3=O)[C@@H](O[C@@H]3O[C@H](C)[C@@H](O)[C@H](O)[C@@H]3O)[C@H](O)[C@H]2O)cc(OC)c1O. The molecule has 23 nitrogen and oxygen atoms in total. The van der Waals surface area contributed by atoms with Crippen LogP contribution in [0.4, 0.5) is 0 Å². The van der Waals surface area contributed by atoms with Gasteiger partial charge in [-0.15, -0.1) is 0 Å². The Morgan fingerprint density at radius 3 is 1.90 bits per heavy atom. The van der Waals surface area contributed by atoms with Crippen LogP contribution in [0.15, 0.2) is 63.8 Å². The molecule has 3 aliphatic heterocycles. The molecule has 0 bridgehead atoms. The Morgan fingerprint density at radius 1 is 0.687 bits per heavy atom. The number of hydrogen-bond acceptors (Lipinski definition) is 23. The van der Waals surface area contributed by atoms with Crippen molar-refractivity contribution in [3.8, 4) is 51.6 Å². The maximum atomic E-state index is 14.6. The topological polar surface area (TPSA) is 353 Å². The van der Waals surface area contributed by atoms with E-state index in [1.807, 2.05) is 0 Å². The van der Waals surface area contributed by atoms with E-state index in [1.54, 1.807) is 0 Å². The number of benzene rings is 3. The van der Waals surface area contributed by atoms with Gasteiger partial charge in [0.15, 0.2) is 29.7 Å². The number of phenols is 3. The van der Waals surface area contributed by atoms with Crippen molar-refractivity contribution < 1.29 is 108 Å². The fourth-order valence-electron chi connectivity index (χ4n) is 7.55. The monoisotopic (exact) mass is 946 g/mol. The van der Waals surface area contributed by atoms with Crippen LogP contribution in [0.3, 0.4) is 0 Å². The predicted molar refractivity (Wildman–Crippen MR) is 224 cm³/mol.